The fraction of sp³-hybridized carbons (Fsp3) is 0.385. The first-order valence-corrected chi connectivity index (χ1v) is 6.62. The van der Waals surface area contributed by atoms with E-state index in [9.17, 15) is 0 Å². The predicted molar refractivity (Wildman–Crippen MR) is 73.0 cm³/mol. The molecular formula is C13H17N3OS. The van der Waals surface area contributed by atoms with Crippen molar-refractivity contribution in [3.05, 3.63) is 40.4 Å². The number of ether oxygens (including phenoxy) is 1. The van der Waals surface area contributed by atoms with Gasteiger partial charge in [0, 0.05) is 0 Å². The summed E-state index contributed by atoms with van der Waals surface area (Å²) in [7, 11) is 1.65. The van der Waals surface area contributed by atoms with Gasteiger partial charge >= 0.3 is 0 Å². The van der Waals surface area contributed by atoms with Crippen LogP contribution in [0.1, 0.15) is 41.9 Å². The molecule has 0 spiro atoms. The molecule has 0 bridgehead atoms. The van der Waals surface area contributed by atoms with Crippen molar-refractivity contribution in [2.75, 3.05) is 7.11 Å². The average molecular weight is 263 g/mol. The molecule has 0 aliphatic carbocycles. The van der Waals surface area contributed by atoms with Crippen LogP contribution in [0.2, 0.25) is 0 Å². The molecule has 18 heavy (non-hydrogen) atoms. The Kier molecular flexibility index (Phi) is 3.93. The summed E-state index contributed by atoms with van der Waals surface area (Å²) in [5.74, 6) is 1.17. The lowest BCUT2D eigenvalue weighted by atomic mass is 10.0. The Morgan fingerprint density at radius 1 is 1.22 bits per heavy atom. The third-order valence-corrected chi connectivity index (χ3v) is 3.67. The summed E-state index contributed by atoms with van der Waals surface area (Å²) in [5.41, 5.74) is 8.31. The van der Waals surface area contributed by atoms with Gasteiger partial charge in [0.25, 0.3) is 0 Å². The lowest BCUT2D eigenvalue weighted by molar-refractivity contribution is 0.414. The van der Waals surface area contributed by atoms with E-state index >= 15 is 0 Å². The van der Waals surface area contributed by atoms with Crippen LogP contribution < -0.4 is 10.5 Å². The van der Waals surface area contributed by atoms with Gasteiger partial charge in [-0.3, -0.25) is 0 Å². The number of nitrogens with two attached hydrogens (primary N) is 1. The van der Waals surface area contributed by atoms with Crippen molar-refractivity contribution in [2.45, 2.75) is 25.8 Å². The van der Waals surface area contributed by atoms with Crippen LogP contribution in [0.4, 0.5) is 0 Å². The summed E-state index contributed by atoms with van der Waals surface area (Å²) >= 11 is 1.37. The molecule has 1 heterocycles. The second-order valence-electron chi connectivity index (χ2n) is 4.43. The molecule has 1 aromatic carbocycles. The average Bonchev–Trinajstić information content (AvgIpc) is 2.87. The van der Waals surface area contributed by atoms with Crippen LogP contribution in [-0.2, 0) is 0 Å². The van der Waals surface area contributed by atoms with Gasteiger partial charge in [-0.25, -0.2) is 0 Å². The number of hydrogen-bond donors (Lipinski definition) is 1. The summed E-state index contributed by atoms with van der Waals surface area (Å²) in [5, 5.41) is 4.16. The van der Waals surface area contributed by atoms with Gasteiger partial charge in [-0.2, -0.15) is 0 Å². The minimum Gasteiger partial charge on any atom is -0.497 e. The Morgan fingerprint density at radius 2 is 1.89 bits per heavy atom. The zero-order valence-electron chi connectivity index (χ0n) is 10.8. The number of nitrogens with zero attached hydrogens (tertiary/aromatic N) is 2. The Labute approximate surface area is 111 Å². The number of methoxy groups -OCH3 is 1. The topological polar surface area (TPSA) is 61.0 Å². The first-order chi connectivity index (χ1) is 8.63. The quantitative estimate of drug-likeness (QED) is 0.921. The molecule has 0 saturated heterocycles. The maximum Gasteiger partial charge on any atom is 0.118 e. The standard InChI is InChI=1S/C13H17N3OS/c1-8(2)12-13(18-16-15-12)11(14)9-4-6-10(17-3)7-5-9/h4-8,11H,14H2,1-3H3. The Balaban J connectivity index is 2.29. The SMILES string of the molecule is COc1ccc(C(N)c2snnc2C(C)C)cc1. The number of hydrogen-bond acceptors (Lipinski definition) is 5. The Bertz CT molecular complexity index is 507. The Hall–Kier alpha value is -1.46. The van der Waals surface area contributed by atoms with Crippen LogP contribution in [-0.4, -0.2) is 16.7 Å². The van der Waals surface area contributed by atoms with E-state index in [0.717, 1.165) is 21.9 Å². The lowest BCUT2D eigenvalue weighted by Crippen LogP contribution is -2.12. The van der Waals surface area contributed by atoms with Crippen LogP contribution in [0.25, 0.3) is 0 Å². The number of aromatic nitrogens is 2. The highest BCUT2D eigenvalue weighted by molar-refractivity contribution is 7.05. The van der Waals surface area contributed by atoms with Gasteiger partial charge in [0.15, 0.2) is 0 Å². The molecule has 0 fully saturated rings. The van der Waals surface area contributed by atoms with Crippen LogP contribution >= 0.6 is 11.5 Å². The monoisotopic (exact) mass is 263 g/mol. The molecule has 4 nitrogen and oxygen atoms in total. The molecular weight excluding hydrogens is 246 g/mol. The van der Waals surface area contributed by atoms with E-state index in [0.29, 0.717) is 5.92 Å². The molecule has 2 rings (SSSR count). The van der Waals surface area contributed by atoms with Crippen molar-refractivity contribution in [1.82, 2.24) is 9.59 Å². The van der Waals surface area contributed by atoms with Gasteiger partial charge in [-0.1, -0.05) is 30.5 Å². The maximum absolute atomic E-state index is 6.28. The van der Waals surface area contributed by atoms with Gasteiger partial charge in [0.1, 0.15) is 5.75 Å². The Morgan fingerprint density at radius 3 is 2.44 bits per heavy atom. The van der Waals surface area contributed by atoms with Crippen LogP contribution in [0.3, 0.4) is 0 Å². The van der Waals surface area contributed by atoms with Crippen molar-refractivity contribution in [3.63, 3.8) is 0 Å². The first kappa shape index (κ1) is 13.0. The highest BCUT2D eigenvalue weighted by Gasteiger charge is 2.19. The van der Waals surface area contributed by atoms with Crippen molar-refractivity contribution in [2.24, 2.45) is 5.73 Å². The molecule has 0 saturated carbocycles. The van der Waals surface area contributed by atoms with Crippen molar-refractivity contribution in [1.29, 1.82) is 0 Å². The summed E-state index contributed by atoms with van der Waals surface area (Å²) in [6, 6.07) is 7.62. The molecule has 0 aliphatic rings. The van der Waals surface area contributed by atoms with Crippen LogP contribution in [0, 0.1) is 0 Å². The molecule has 2 N–H and O–H groups in total. The number of benzene rings is 1. The normalized spacial score (nSPS) is 12.7. The third kappa shape index (κ3) is 2.52. The summed E-state index contributed by atoms with van der Waals surface area (Å²) < 4.78 is 9.15. The lowest BCUT2D eigenvalue weighted by Gasteiger charge is -2.13. The van der Waals surface area contributed by atoms with Crippen molar-refractivity contribution < 1.29 is 4.74 Å². The fourth-order valence-electron chi connectivity index (χ4n) is 1.78. The van der Waals surface area contributed by atoms with E-state index in [2.05, 4.69) is 23.4 Å². The number of rotatable bonds is 4. The zero-order valence-corrected chi connectivity index (χ0v) is 11.6. The summed E-state index contributed by atoms with van der Waals surface area (Å²) in [6.07, 6.45) is 0. The van der Waals surface area contributed by atoms with E-state index in [1.54, 1.807) is 7.11 Å². The molecule has 0 radical (unpaired) electrons. The van der Waals surface area contributed by atoms with E-state index < -0.39 is 0 Å². The molecule has 5 heteroatoms. The van der Waals surface area contributed by atoms with Crippen molar-refractivity contribution >= 4 is 11.5 Å². The van der Waals surface area contributed by atoms with Crippen molar-refractivity contribution in [3.8, 4) is 5.75 Å². The smallest absolute Gasteiger partial charge is 0.118 e. The molecule has 96 valence electrons. The third-order valence-electron chi connectivity index (χ3n) is 2.84. The molecule has 1 unspecified atom stereocenters. The highest BCUT2D eigenvalue weighted by Crippen LogP contribution is 2.29. The first-order valence-electron chi connectivity index (χ1n) is 5.85. The molecule has 0 amide bonds. The second-order valence-corrected chi connectivity index (χ2v) is 5.21. The maximum atomic E-state index is 6.28. The predicted octanol–water partition coefficient (Wildman–Crippen LogP) is 2.72. The minimum absolute atomic E-state index is 0.173. The van der Waals surface area contributed by atoms with E-state index in [-0.39, 0.29) is 6.04 Å². The molecule has 2 aromatic rings. The molecule has 0 aliphatic heterocycles. The zero-order chi connectivity index (χ0) is 13.1. The van der Waals surface area contributed by atoms with Gasteiger partial charge in [0.05, 0.1) is 23.7 Å². The minimum atomic E-state index is -0.173. The van der Waals surface area contributed by atoms with Crippen LogP contribution in [0.5, 0.6) is 5.75 Å². The molecule has 1 aromatic heterocycles. The molecule has 1 atom stereocenters. The van der Waals surface area contributed by atoms with Gasteiger partial charge in [-0.15, -0.1) is 5.10 Å². The summed E-state index contributed by atoms with van der Waals surface area (Å²) in [6.45, 7) is 4.20. The van der Waals surface area contributed by atoms with E-state index in [4.69, 9.17) is 10.5 Å². The van der Waals surface area contributed by atoms with E-state index in [1.807, 2.05) is 24.3 Å². The highest BCUT2D eigenvalue weighted by atomic mass is 32.1. The van der Waals surface area contributed by atoms with Gasteiger partial charge in [-0.05, 0) is 35.1 Å². The summed E-state index contributed by atoms with van der Waals surface area (Å²) in [4.78, 5) is 1.04. The van der Waals surface area contributed by atoms with E-state index in [1.165, 1.54) is 11.5 Å². The van der Waals surface area contributed by atoms with Gasteiger partial charge < -0.3 is 10.5 Å². The van der Waals surface area contributed by atoms with Crippen LogP contribution in [0.15, 0.2) is 24.3 Å². The fourth-order valence-corrected chi connectivity index (χ4v) is 2.62. The largest absolute Gasteiger partial charge is 0.497 e. The van der Waals surface area contributed by atoms with Gasteiger partial charge in [0.2, 0.25) is 0 Å². The second kappa shape index (κ2) is 5.46.